The molecule has 0 radical (unpaired) electrons. The van der Waals surface area contributed by atoms with E-state index in [1.165, 1.54) is 12.4 Å². The van der Waals surface area contributed by atoms with E-state index in [1.54, 1.807) is 10.8 Å². The second kappa shape index (κ2) is 4.85. The van der Waals surface area contributed by atoms with Crippen molar-refractivity contribution < 1.29 is 4.92 Å². The summed E-state index contributed by atoms with van der Waals surface area (Å²) in [6.45, 7) is 4.00. The zero-order valence-electron chi connectivity index (χ0n) is 9.74. The summed E-state index contributed by atoms with van der Waals surface area (Å²) in [5.74, 6) is 0. The lowest BCUT2D eigenvalue weighted by molar-refractivity contribution is -0.384. The molecule has 0 aliphatic rings. The number of nitrogens with two attached hydrogens (primary N) is 1. The molecule has 0 unspecified atom stereocenters. The number of hydrogen-bond donors (Lipinski definition) is 1. The third-order valence-electron chi connectivity index (χ3n) is 2.71. The molecule has 0 saturated heterocycles. The molecule has 2 aromatic rings. The predicted molar refractivity (Wildman–Crippen MR) is 70.8 cm³/mol. The summed E-state index contributed by atoms with van der Waals surface area (Å²) in [7, 11) is 0. The molecule has 5 heteroatoms. The lowest BCUT2D eigenvalue weighted by Gasteiger charge is -2.01. The zero-order chi connectivity index (χ0) is 13.1. The first-order valence-corrected chi connectivity index (χ1v) is 5.43. The Morgan fingerprint density at radius 3 is 2.83 bits per heavy atom. The van der Waals surface area contributed by atoms with Crippen molar-refractivity contribution in [1.29, 1.82) is 0 Å². The number of benzene rings is 1. The van der Waals surface area contributed by atoms with Crippen LogP contribution in [0.15, 0.2) is 43.2 Å². The number of hydrogen-bond acceptors (Lipinski definition) is 3. The lowest BCUT2D eigenvalue weighted by atomic mass is 10.0. The van der Waals surface area contributed by atoms with E-state index in [0.29, 0.717) is 12.1 Å². The van der Waals surface area contributed by atoms with Crippen LogP contribution in [0.3, 0.4) is 0 Å². The minimum absolute atomic E-state index is 0.0593. The van der Waals surface area contributed by atoms with Crippen LogP contribution in [0.5, 0.6) is 0 Å². The summed E-state index contributed by atoms with van der Waals surface area (Å²) in [4.78, 5) is 10.6. The average molecular weight is 243 g/mol. The Morgan fingerprint density at radius 1 is 1.44 bits per heavy atom. The van der Waals surface area contributed by atoms with Gasteiger partial charge in [-0.1, -0.05) is 24.8 Å². The van der Waals surface area contributed by atoms with Crippen LogP contribution >= 0.6 is 0 Å². The lowest BCUT2D eigenvalue weighted by Crippen LogP contribution is -1.96. The van der Waals surface area contributed by atoms with Gasteiger partial charge < -0.3 is 10.3 Å². The highest BCUT2D eigenvalue weighted by Gasteiger charge is 2.18. The maximum atomic E-state index is 11.0. The molecule has 0 saturated carbocycles. The molecule has 92 valence electrons. The maximum absolute atomic E-state index is 11.0. The van der Waals surface area contributed by atoms with Crippen molar-refractivity contribution >= 4 is 11.9 Å². The molecular formula is C13H13N3O2. The number of aromatic nitrogens is 1. The first kappa shape index (κ1) is 12.1. The van der Waals surface area contributed by atoms with Crippen molar-refractivity contribution in [1.82, 2.24) is 4.57 Å². The fraction of sp³-hybridized carbons (Fsp3) is 0.0769. The molecule has 5 nitrogen and oxygen atoms in total. The summed E-state index contributed by atoms with van der Waals surface area (Å²) >= 11 is 0. The molecular weight excluding hydrogens is 230 g/mol. The van der Waals surface area contributed by atoms with E-state index in [9.17, 15) is 10.1 Å². The van der Waals surface area contributed by atoms with Gasteiger partial charge in [-0.25, -0.2) is 0 Å². The Morgan fingerprint density at radius 2 is 2.22 bits per heavy atom. The van der Waals surface area contributed by atoms with Crippen LogP contribution < -0.4 is 5.73 Å². The van der Waals surface area contributed by atoms with Crippen molar-refractivity contribution in [2.75, 3.05) is 0 Å². The fourth-order valence-electron chi connectivity index (χ4n) is 1.80. The maximum Gasteiger partial charge on any atom is 0.295 e. The number of rotatable bonds is 4. The van der Waals surface area contributed by atoms with E-state index in [2.05, 4.69) is 6.58 Å². The number of nitro groups is 1. The molecule has 0 amide bonds. The fourth-order valence-corrected chi connectivity index (χ4v) is 1.80. The predicted octanol–water partition coefficient (Wildman–Crippen LogP) is 2.62. The van der Waals surface area contributed by atoms with Crippen LogP contribution in [0.25, 0.3) is 17.3 Å². The Balaban J connectivity index is 2.57. The molecule has 0 fully saturated rings. The molecule has 1 heterocycles. The first-order valence-electron chi connectivity index (χ1n) is 5.43. The molecule has 0 spiro atoms. The van der Waals surface area contributed by atoms with Gasteiger partial charge >= 0.3 is 0 Å². The normalized spacial score (nSPS) is 10.3. The van der Waals surface area contributed by atoms with Gasteiger partial charge in [0.15, 0.2) is 0 Å². The third kappa shape index (κ3) is 2.16. The van der Waals surface area contributed by atoms with E-state index in [1.807, 2.05) is 24.3 Å². The van der Waals surface area contributed by atoms with Crippen LogP contribution in [0.2, 0.25) is 0 Å². The van der Waals surface area contributed by atoms with Gasteiger partial charge in [-0.05, 0) is 17.2 Å². The molecule has 2 rings (SSSR count). The highest BCUT2D eigenvalue weighted by atomic mass is 16.6. The van der Waals surface area contributed by atoms with Gasteiger partial charge in [-0.15, -0.1) is 0 Å². The van der Waals surface area contributed by atoms with Crippen LogP contribution in [0.4, 0.5) is 5.69 Å². The smallest absolute Gasteiger partial charge is 0.295 e. The minimum Gasteiger partial charge on any atom is -0.326 e. The molecule has 2 N–H and O–H groups in total. The molecule has 18 heavy (non-hydrogen) atoms. The van der Waals surface area contributed by atoms with Crippen molar-refractivity contribution in [2.24, 2.45) is 5.73 Å². The van der Waals surface area contributed by atoms with Gasteiger partial charge in [-0.2, -0.15) is 0 Å². The second-order valence-corrected chi connectivity index (χ2v) is 3.85. The molecule has 0 bridgehead atoms. The first-order chi connectivity index (χ1) is 8.65. The van der Waals surface area contributed by atoms with Crippen molar-refractivity contribution in [2.45, 2.75) is 6.54 Å². The molecule has 1 aromatic carbocycles. The van der Waals surface area contributed by atoms with Gasteiger partial charge in [0.25, 0.3) is 5.69 Å². The monoisotopic (exact) mass is 243 g/mol. The Labute approximate surface area is 104 Å². The largest absolute Gasteiger partial charge is 0.326 e. The quantitative estimate of drug-likeness (QED) is 0.662. The van der Waals surface area contributed by atoms with E-state index in [0.717, 1.165) is 11.1 Å². The van der Waals surface area contributed by atoms with E-state index < -0.39 is 4.92 Å². The Bertz CT molecular complexity index is 602. The van der Waals surface area contributed by atoms with Crippen LogP contribution in [0.1, 0.15) is 5.56 Å². The summed E-state index contributed by atoms with van der Waals surface area (Å²) < 4.78 is 1.57. The summed E-state index contributed by atoms with van der Waals surface area (Å²) in [5.41, 5.74) is 7.92. The topological polar surface area (TPSA) is 74.1 Å². The second-order valence-electron chi connectivity index (χ2n) is 3.85. The van der Waals surface area contributed by atoms with Gasteiger partial charge in [0.2, 0.25) is 0 Å². The van der Waals surface area contributed by atoms with Crippen LogP contribution in [-0.4, -0.2) is 9.49 Å². The SMILES string of the molecule is C=Cn1cc(-c2cccc(CN)c2)c([N+](=O)[O-])c1. The van der Waals surface area contributed by atoms with Gasteiger partial charge in [0, 0.05) is 18.9 Å². The molecule has 0 aliphatic carbocycles. The van der Waals surface area contributed by atoms with Crippen molar-refractivity contribution in [3.63, 3.8) is 0 Å². The van der Waals surface area contributed by atoms with Crippen molar-refractivity contribution in [3.05, 3.63) is 58.9 Å². The highest BCUT2D eigenvalue weighted by molar-refractivity contribution is 5.74. The summed E-state index contributed by atoms with van der Waals surface area (Å²) in [6.07, 6.45) is 4.64. The summed E-state index contributed by atoms with van der Waals surface area (Å²) in [5, 5.41) is 11.0. The van der Waals surface area contributed by atoms with Gasteiger partial charge in [0.05, 0.1) is 16.7 Å². The average Bonchev–Trinajstić information content (AvgIpc) is 2.83. The Kier molecular flexibility index (Phi) is 3.25. The van der Waals surface area contributed by atoms with E-state index in [4.69, 9.17) is 5.73 Å². The Hall–Kier alpha value is -2.40. The van der Waals surface area contributed by atoms with E-state index >= 15 is 0 Å². The number of nitrogens with zero attached hydrogens (tertiary/aromatic N) is 2. The van der Waals surface area contributed by atoms with E-state index in [-0.39, 0.29) is 5.69 Å². The molecule has 1 aromatic heterocycles. The third-order valence-corrected chi connectivity index (χ3v) is 2.71. The molecule has 0 aliphatic heterocycles. The highest BCUT2D eigenvalue weighted by Crippen LogP contribution is 2.31. The summed E-state index contributed by atoms with van der Waals surface area (Å²) in [6, 6.07) is 7.41. The van der Waals surface area contributed by atoms with Crippen molar-refractivity contribution in [3.8, 4) is 11.1 Å². The minimum atomic E-state index is -0.398. The zero-order valence-corrected chi connectivity index (χ0v) is 9.74. The molecule has 0 atom stereocenters. The van der Waals surface area contributed by atoms with Gasteiger partial charge in [-0.3, -0.25) is 10.1 Å². The van der Waals surface area contributed by atoms with Crippen LogP contribution in [-0.2, 0) is 6.54 Å². The van der Waals surface area contributed by atoms with Gasteiger partial charge in [0.1, 0.15) is 0 Å². The standard InChI is InChI=1S/C13H13N3O2/c1-2-15-8-12(13(9-15)16(17)18)11-5-3-4-10(6-11)7-14/h2-6,8-9H,1,7,14H2. The van der Waals surface area contributed by atoms with Crippen LogP contribution in [0, 0.1) is 10.1 Å².